The minimum atomic E-state index is -0.0655. The first-order valence-corrected chi connectivity index (χ1v) is 7.67. The summed E-state index contributed by atoms with van der Waals surface area (Å²) in [7, 11) is 0. The summed E-state index contributed by atoms with van der Waals surface area (Å²) >= 11 is 0. The molecule has 1 aromatic carbocycles. The third kappa shape index (κ3) is 3.68. The van der Waals surface area contributed by atoms with Gasteiger partial charge in [-0.3, -0.25) is 4.79 Å². The number of amides is 1. The van der Waals surface area contributed by atoms with Crippen molar-refractivity contribution < 1.29 is 4.79 Å². The smallest absolute Gasteiger partial charge is 0.251 e. The van der Waals surface area contributed by atoms with Crippen LogP contribution in [0.3, 0.4) is 0 Å². The van der Waals surface area contributed by atoms with Crippen LogP contribution in [0.25, 0.3) is 0 Å². The number of carbonyl (C=O) groups is 1. The summed E-state index contributed by atoms with van der Waals surface area (Å²) in [5, 5.41) is 6.31. The van der Waals surface area contributed by atoms with Crippen molar-refractivity contribution in [3.8, 4) is 0 Å². The molecule has 0 aliphatic carbocycles. The van der Waals surface area contributed by atoms with E-state index in [-0.39, 0.29) is 5.91 Å². The van der Waals surface area contributed by atoms with Gasteiger partial charge in [0.05, 0.1) is 12.2 Å². The van der Waals surface area contributed by atoms with E-state index in [0.29, 0.717) is 18.0 Å². The van der Waals surface area contributed by atoms with E-state index < -0.39 is 0 Å². The number of rotatable bonds is 4. The number of nitrogens with zero attached hydrogens (tertiary/aromatic N) is 2. The SMILES string of the molecule is O=C(NCc1ccncn1)c1cccc(C2CCCNC2)c1. The molecule has 1 unspecified atom stereocenters. The van der Waals surface area contributed by atoms with E-state index >= 15 is 0 Å². The predicted molar refractivity (Wildman–Crippen MR) is 84.5 cm³/mol. The molecule has 0 saturated carbocycles. The third-order valence-electron chi connectivity index (χ3n) is 3.99. The van der Waals surface area contributed by atoms with Crippen molar-refractivity contribution in [3.05, 3.63) is 59.7 Å². The summed E-state index contributed by atoms with van der Waals surface area (Å²) in [6.07, 6.45) is 5.52. The van der Waals surface area contributed by atoms with Crippen LogP contribution in [0.15, 0.2) is 42.9 Å². The van der Waals surface area contributed by atoms with E-state index in [1.165, 1.54) is 24.7 Å². The summed E-state index contributed by atoms with van der Waals surface area (Å²) in [6, 6.07) is 9.73. The molecule has 0 bridgehead atoms. The molecule has 2 heterocycles. The molecule has 22 heavy (non-hydrogen) atoms. The Hall–Kier alpha value is -2.27. The van der Waals surface area contributed by atoms with E-state index in [1.807, 2.05) is 18.2 Å². The zero-order valence-electron chi connectivity index (χ0n) is 12.5. The minimum Gasteiger partial charge on any atom is -0.346 e. The molecule has 114 valence electrons. The highest BCUT2D eigenvalue weighted by molar-refractivity contribution is 5.94. The summed E-state index contributed by atoms with van der Waals surface area (Å²) in [6.45, 7) is 2.50. The van der Waals surface area contributed by atoms with Crippen LogP contribution in [-0.4, -0.2) is 29.0 Å². The Labute approximate surface area is 130 Å². The maximum Gasteiger partial charge on any atom is 0.251 e. The second-order valence-corrected chi connectivity index (χ2v) is 5.55. The summed E-state index contributed by atoms with van der Waals surface area (Å²) < 4.78 is 0. The van der Waals surface area contributed by atoms with E-state index in [0.717, 1.165) is 18.8 Å². The van der Waals surface area contributed by atoms with Gasteiger partial charge in [0.15, 0.2) is 0 Å². The Bertz CT molecular complexity index is 624. The Morgan fingerprint density at radius 1 is 1.36 bits per heavy atom. The largest absolute Gasteiger partial charge is 0.346 e. The maximum absolute atomic E-state index is 12.3. The van der Waals surface area contributed by atoms with Gasteiger partial charge >= 0.3 is 0 Å². The molecule has 1 aliphatic rings. The van der Waals surface area contributed by atoms with Crippen molar-refractivity contribution in [3.63, 3.8) is 0 Å². The number of aromatic nitrogens is 2. The van der Waals surface area contributed by atoms with E-state index in [9.17, 15) is 4.79 Å². The molecule has 1 aromatic heterocycles. The molecule has 0 radical (unpaired) electrons. The van der Waals surface area contributed by atoms with Crippen LogP contribution in [0.4, 0.5) is 0 Å². The standard InChI is InChI=1S/C17H20N4O/c22-17(20-11-16-6-8-19-12-21-16)14-4-1-3-13(9-14)15-5-2-7-18-10-15/h1,3-4,6,8-9,12,15,18H,2,5,7,10-11H2,(H,20,22). The molecule has 1 atom stereocenters. The van der Waals surface area contributed by atoms with Gasteiger partial charge in [-0.25, -0.2) is 9.97 Å². The molecular weight excluding hydrogens is 276 g/mol. The molecule has 2 aromatic rings. The molecule has 1 fully saturated rings. The molecule has 5 heteroatoms. The molecule has 5 nitrogen and oxygen atoms in total. The highest BCUT2D eigenvalue weighted by atomic mass is 16.1. The van der Waals surface area contributed by atoms with Crippen molar-refractivity contribution in [1.82, 2.24) is 20.6 Å². The quantitative estimate of drug-likeness (QED) is 0.904. The van der Waals surface area contributed by atoms with Crippen LogP contribution in [-0.2, 0) is 6.54 Å². The van der Waals surface area contributed by atoms with Gasteiger partial charge in [0.2, 0.25) is 0 Å². The van der Waals surface area contributed by atoms with Crippen LogP contribution >= 0.6 is 0 Å². The second kappa shape index (κ2) is 7.13. The van der Waals surface area contributed by atoms with Crippen LogP contribution < -0.4 is 10.6 Å². The van der Waals surface area contributed by atoms with Crippen molar-refractivity contribution >= 4 is 5.91 Å². The molecule has 0 spiro atoms. The topological polar surface area (TPSA) is 66.9 Å². The van der Waals surface area contributed by atoms with Crippen molar-refractivity contribution in [2.24, 2.45) is 0 Å². The average molecular weight is 296 g/mol. The molecular formula is C17H20N4O. The van der Waals surface area contributed by atoms with Crippen molar-refractivity contribution in [2.75, 3.05) is 13.1 Å². The van der Waals surface area contributed by atoms with Gasteiger partial charge in [0.25, 0.3) is 5.91 Å². The lowest BCUT2D eigenvalue weighted by Gasteiger charge is -2.23. The van der Waals surface area contributed by atoms with E-state index in [1.54, 1.807) is 12.3 Å². The van der Waals surface area contributed by atoms with Crippen LogP contribution in [0.2, 0.25) is 0 Å². The molecule has 1 saturated heterocycles. The summed E-state index contributed by atoms with van der Waals surface area (Å²) in [4.78, 5) is 20.2. The fourth-order valence-electron chi connectivity index (χ4n) is 2.77. The van der Waals surface area contributed by atoms with Crippen LogP contribution in [0.5, 0.6) is 0 Å². The van der Waals surface area contributed by atoms with Crippen LogP contribution in [0.1, 0.15) is 40.4 Å². The van der Waals surface area contributed by atoms with E-state index in [2.05, 4.69) is 26.7 Å². The van der Waals surface area contributed by atoms with Crippen molar-refractivity contribution in [1.29, 1.82) is 0 Å². The van der Waals surface area contributed by atoms with Gasteiger partial charge in [0.1, 0.15) is 6.33 Å². The molecule has 3 rings (SSSR count). The van der Waals surface area contributed by atoms with Gasteiger partial charge < -0.3 is 10.6 Å². The predicted octanol–water partition coefficient (Wildman–Crippen LogP) is 1.87. The molecule has 1 aliphatic heterocycles. The van der Waals surface area contributed by atoms with Gasteiger partial charge in [-0.05, 0) is 49.1 Å². The minimum absolute atomic E-state index is 0.0655. The fourth-order valence-corrected chi connectivity index (χ4v) is 2.77. The van der Waals surface area contributed by atoms with Gasteiger partial charge in [0, 0.05) is 18.3 Å². The Morgan fingerprint density at radius 2 is 2.32 bits per heavy atom. The monoisotopic (exact) mass is 296 g/mol. The number of hydrogen-bond acceptors (Lipinski definition) is 4. The number of carbonyl (C=O) groups excluding carboxylic acids is 1. The second-order valence-electron chi connectivity index (χ2n) is 5.55. The lowest BCUT2D eigenvalue weighted by atomic mass is 9.90. The maximum atomic E-state index is 12.3. The first-order valence-electron chi connectivity index (χ1n) is 7.67. The van der Waals surface area contributed by atoms with Gasteiger partial charge in [-0.15, -0.1) is 0 Å². The first kappa shape index (κ1) is 14.7. The van der Waals surface area contributed by atoms with Gasteiger partial charge in [-0.2, -0.15) is 0 Å². The zero-order valence-corrected chi connectivity index (χ0v) is 12.5. The Balaban J connectivity index is 1.64. The van der Waals surface area contributed by atoms with Gasteiger partial charge in [-0.1, -0.05) is 12.1 Å². The number of benzene rings is 1. The first-order chi connectivity index (χ1) is 10.8. The third-order valence-corrected chi connectivity index (χ3v) is 3.99. The molecule has 2 N–H and O–H groups in total. The number of piperidine rings is 1. The highest BCUT2D eigenvalue weighted by Crippen LogP contribution is 2.23. The lowest BCUT2D eigenvalue weighted by Crippen LogP contribution is -2.28. The van der Waals surface area contributed by atoms with Crippen molar-refractivity contribution in [2.45, 2.75) is 25.3 Å². The Kier molecular flexibility index (Phi) is 4.75. The zero-order chi connectivity index (χ0) is 15.2. The highest BCUT2D eigenvalue weighted by Gasteiger charge is 2.16. The normalized spacial score (nSPS) is 17.9. The summed E-state index contributed by atoms with van der Waals surface area (Å²) in [5.74, 6) is 0.438. The molecule has 1 amide bonds. The summed E-state index contributed by atoms with van der Waals surface area (Å²) in [5.41, 5.74) is 2.75. The fraction of sp³-hybridized carbons (Fsp3) is 0.353. The average Bonchev–Trinajstić information content (AvgIpc) is 2.61. The number of nitrogens with one attached hydrogen (secondary N) is 2. The Morgan fingerprint density at radius 3 is 3.09 bits per heavy atom. The lowest BCUT2D eigenvalue weighted by molar-refractivity contribution is 0.0950. The van der Waals surface area contributed by atoms with E-state index in [4.69, 9.17) is 0 Å². The number of hydrogen-bond donors (Lipinski definition) is 2. The van der Waals surface area contributed by atoms with Crippen LogP contribution in [0, 0.1) is 0 Å².